The second-order valence-corrected chi connectivity index (χ2v) is 9.23. The summed E-state index contributed by atoms with van der Waals surface area (Å²) in [5, 5.41) is 0. The molecule has 1 aliphatic heterocycles. The fraction of sp³-hybridized carbons (Fsp3) is 0.680. The van der Waals surface area contributed by atoms with Crippen molar-refractivity contribution in [3.8, 4) is 5.75 Å². The van der Waals surface area contributed by atoms with Gasteiger partial charge in [-0.1, -0.05) is 63.5 Å². The molecule has 0 spiro atoms. The Morgan fingerprint density at radius 3 is 1.90 bits per heavy atom. The van der Waals surface area contributed by atoms with Crippen molar-refractivity contribution in [1.82, 2.24) is 9.80 Å². The fourth-order valence-corrected chi connectivity index (χ4v) is 5.64. The summed E-state index contributed by atoms with van der Waals surface area (Å²) in [5.41, 5.74) is 0.914. The highest BCUT2D eigenvalue weighted by atomic mass is 16.5. The number of rotatable bonds is 4. The number of methoxy groups -OCH3 is 1. The molecule has 3 aliphatic rings. The lowest BCUT2D eigenvalue weighted by atomic mass is 9.89. The van der Waals surface area contributed by atoms with E-state index in [-0.39, 0.29) is 30.4 Å². The Bertz CT molecular complexity index is 718. The second-order valence-electron chi connectivity index (χ2n) is 9.23. The molecule has 2 saturated carbocycles. The van der Waals surface area contributed by atoms with Gasteiger partial charge in [0.15, 0.2) is 0 Å². The lowest BCUT2D eigenvalue weighted by molar-refractivity contribution is -0.162. The third kappa shape index (κ3) is 4.50. The molecule has 1 aromatic rings. The number of carbonyl (C=O) groups is 2. The van der Waals surface area contributed by atoms with Crippen LogP contribution in [-0.4, -0.2) is 47.4 Å². The molecule has 30 heavy (non-hydrogen) atoms. The Morgan fingerprint density at radius 2 is 1.30 bits per heavy atom. The van der Waals surface area contributed by atoms with E-state index in [1.165, 1.54) is 25.7 Å². The Balaban J connectivity index is 1.65. The molecule has 5 heteroatoms. The maximum Gasteiger partial charge on any atom is 0.250 e. The van der Waals surface area contributed by atoms with Gasteiger partial charge in [-0.3, -0.25) is 9.59 Å². The van der Waals surface area contributed by atoms with Crippen LogP contribution in [0.15, 0.2) is 24.3 Å². The summed E-state index contributed by atoms with van der Waals surface area (Å²) in [6, 6.07) is 7.64. The number of amides is 2. The van der Waals surface area contributed by atoms with Crippen LogP contribution < -0.4 is 4.74 Å². The molecule has 1 atom stereocenters. The van der Waals surface area contributed by atoms with E-state index in [1.807, 2.05) is 34.1 Å². The summed E-state index contributed by atoms with van der Waals surface area (Å²) in [6.45, 7) is 0.257. The molecule has 0 radical (unpaired) electrons. The van der Waals surface area contributed by atoms with E-state index < -0.39 is 6.04 Å². The molecule has 164 valence electrons. The standard InChI is InChI=1S/C25H36N2O3/c1-30-22-16-14-19(15-17-22)24-25(29)26(20-10-8-5-9-11-20)18-23(28)27(24)21-12-6-3-2-4-7-13-21/h14-17,20-21,24H,2-13,18H2,1H3. The molecule has 4 rings (SSSR count). The zero-order valence-corrected chi connectivity index (χ0v) is 18.4. The first-order valence-corrected chi connectivity index (χ1v) is 11.9. The van der Waals surface area contributed by atoms with E-state index in [0.29, 0.717) is 0 Å². The number of nitrogens with zero attached hydrogens (tertiary/aromatic N) is 2. The number of hydrogen-bond acceptors (Lipinski definition) is 3. The molecule has 0 aromatic heterocycles. The van der Waals surface area contributed by atoms with Crippen molar-refractivity contribution in [3.63, 3.8) is 0 Å². The van der Waals surface area contributed by atoms with Crippen molar-refractivity contribution < 1.29 is 14.3 Å². The first kappa shape index (κ1) is 21.2. The van der Waals surface area contributed by atoms with Gasteiger partial charge < -0.3 is 14.5 Å². The van der Waals surface area contributed by atoms with Gasteiger partial charge >= 0.3 is 0 Å². The number of ether oxygens (including phenoxy) is 1. The van der Waals surface area contributed by atoms with Crippen LogP contribution in [0.3, 0.4) is 0 Å². The van der Waals surface area contributed by atoms with Gasteiger partial charge in [-0.25, -0.2) is 0 Å². The largest absolute Gasteiger partial charge is 0.497 e. The summed E-state index contributed by atoms with van der Waals surface area (Å²) in [7, 11) is 1.65. The van der Waals surface area contributed by atoms with E-state index in [0.717, 1.165) is 62.7 Å². The number of benzene rings is 1. The smallest absolute Gasteiger partial charge is 0.250 e. The Morgan fingerprint density at radius 1 is 0.767 bits per heavy atom. The highest BCUT2D eigenvalue weighted by Gasteiger charge is 2.45. The van der Waals surface area contributed by atoms with Crippen molar-refractivity contribution in [2.24, 2.45) is 0 Å². The van der Waals surface area contributed by atoms with E-state index in [1.54, 1.807) is 7.11 Å². The van der Waals surface area contributed by atoms with E-state index in [9.17, 15) is 9.59 Å². The van der Waals surface area contributed by atoms with Gasteiger partial charge in [0.05, 0.1) is 7.11 Å². The molecule has 1 heterocycles. The van der Waals surface area contributed by atoms with Crippen LogP contribution in [0.5, 0.6) is 5.75 Å². The molecule has 2 amide bonds. The van der Waals surface area contributed by atoms with Crippen LogP contribution >= 0.6 is 0 Å². The van der Waals surface area contributed by atoms with E-state index in [2.05, 4.69) is 0 Å². The summed E-state index contributed by atoms with van der Waals surface area (Å²) < 4.78 is 5.32. The summed E-state index contributed by atoms with van der Waals surface area (Å²) in [4.78, 5) is 31.2. The molecular formula is C25H36N2O3. The molecule has 1 aromatic carbocycles. The maximum absolute atomic E-state index is 13.8. The molecule has 0 bridgehead atoms. The van der Waals surface area contributed by atoms with Crippen molar-refractivity contribution in [2.45, 2.75) is 95.2 Å². The van der Waals surface area contributed by atoms with Gasteiger partial charge in [0.1, 0.15) is 18.3 Å². The quantitative estimate of drug-likeness (QED) is 0.710. The highest BCUT2D eigenvalue weighted by molar-refractivity contribution is 5.96. The van der Waals surface area contributed by atoms with Crippen molar-refractivity contribution in [3.05, 3.63) is 29.8 Å². The average Bonchev–Trinajstić information content (AvgIpc) is 2.76. The molecule has 0 N–H and O–H groups in total. The van der Waals surface area contributed by atoms with Crippen LogP contribution in [0.25, 0.3) is 0 Å². The van der Waals surface area contributed by atoms with Crippen molar-refractivity contribution in [1.29, 1.82) is 0 Å². The van der Waals surface area contributed by atoms with Gasteiger partial charge in [-0.15, -0.1) is 0 Å². The summed E-state index contributed by atoms with van der Waals surface area (Å²) >= 11 is 0. The van der Waals surface area contributed by atoms with Crippen molar-refractivity contribution >= 4 is 11.8 Å². The predicted molar refractivity (Wildman–Crippen MR) is 117 cm³/mol. The molecular weight excluding hydrogens is 376 g/mol. The minimum atomic E-state index is -0.497. The van der Waals surface area contributed by atoms with Gasteiger partial charge in [0, 0.05) is 12.1 Å². The monoisotopic (exact) mass is 412 g/mol. The van der Waals surface area contributed by atoms with Crippen LogP contribution in [-0.2, 0) is 9.59 Å². The molecule has 3 fully saturated rings. The van der Waals surface area contributed by atoms with E-state index >= 15 is 0 Å². The van der Waals surface area contributed by atoms with Crippen molar-refractivity contribution in [2.75, 3.05) is 13.7 Å². The number of carbonyl (C=O) groups excluding carboxylic acids is 2. The van der Waals surface area contributed by atoms with Gasteiger partial charge in [0.2, 0.25) is 5.91 Å². The van der Waals surface area contributed by atoms with E-state index in [4.69, 9.17) is 4.74 Å². The van der Waals surface area contributed by atoms with Gasteiger partial charge in [-0.2, -0.15) is 0 Å². The fourth-order valence-electron chi connectivity index (χ4n) is 5.64. The van der Waals surface area contributed by atoms with Gasteiger partial charge in [-0.05, 0) is 43.4 Å². The minimum absolute atomic E-state index is 0.119. The molecule has 1 unspecified atom stereocenters. The lowest BCUT2D eigenvalue weighted by Gasteiger charge is -2.47. The zero-order chi connectivity index (χ0) is 20.9. The maximum atomic E-state index is 13.8. The normalized spacial score (nSPS) is 25.2. The third-order valence-electron chi connectivity index (χ3n) is 7.30. The molecule has 1 saturated heterocycles. The lowest BCUT2D eigenvalue weighted by Crippen LogP contribution is -2.60. The van der Waals surface area contributed by atoms with Gasteiger partial charge in [0.25, 0.3) is 5.91 Å². The Kier molecular flexibility index (Phi) is 6.96. The topological polar surface area (TPSA) is 49.9 Å². The Labute approximate surface area is 180 Å². The SMILES string of the molecule is COc1ccc(C2C(=O)N(C3CCCCC3)CC(=O)N2C2CCCCCCC2)cc1. The highest BCUT2D eigenvalue weighted by Crippen LogP contribution is 2.36. The molecule has 5 nitrogen and oxygen atoms in total. The minimum Gasteiger partial charge on any atom is -0.497 e. The predicted octanol–water partition coefficient (Wildman–Crippen LogP) is 4.85. The first-order chi connectivity index (χ1) is 14.7. The number of piperazine rings is 1. The second kappa shape index (κ2) is 9.84. The zero-order valence-electron chi connectivity index (χ0n) is 18.4. The van der Waals surface area contributed by atoms with Crippen LogP contribution in [0.1, 0.15) is 88.7 Å². The van der Waals surface area contributed by atoms with Crippen LogP contribution in [0.2, 0.25) is 0 Å². The average molecular weight is 413 g/mol. The number of hydrogen-bond donors (Lipinski definition) is 0. The first-order valence-electron chi connectivity index (χ1n) is 11.9. The van der Waals surface area contributed by atoms with Crippen LogP contribution in [0.4, 0.5) is 0 Å². The summed E-state index contributed by atoms with van der Waals surface area (Å²) in [5.74, 6) is 1.02. The third-order valence-corrected chi connectivity index (χ3v) is 7.30. The molecule has 2 aliphatic carbocycles. The van der Waals surface area contributed by atoms with Crippen LogP contribution in [0, 0.1) is 0 Å². The summed E-state index contributed by atoms with van der Waals surface area (Å²) in [6.07, 6.45) is 13.7. The Hall–Kier alpha value is -2.04.